The fourth-order valence-corrected chi connectivity index (χ4v) is 4.30. The Labute approximate surface area is 189 Å². The first-order valence-corrected chi connectivity index (χ1v) is 10.5. The molecule has 0 aliphatic carbocycles. The molecule has 0 unspecified atom stereocenters. The largest absolute Gasteiger partial charge is 0.326 e. The van der Waals surface area contributed by atoms with E-state index in [1.165, 1.54) is 12.8 Å². The number of hydrogen-bond acceptors (Lipinski definition) is 2. The van der Waals surface area contributed by atoms with Crippen molar-refractivity contribution in [1.29, 1.82) is 0 Å². The van der Waals surface area contributed by atoms with E-state index in [2.05, 4.69) is 10.2 Å². The van der Waals surface area contributed by atoms with Gasteiger partial charge in [0.25, 0.3) is 0 Å². The molecule has 0 atom stereocenters. The van der Waals surface area contributed by atoms with Crippen LogP contribution in [0.25, 0.3) is 0 Å². The fraction of sp³-hybridized carbons (Fsp3) is 0.409. The number of para-hydroxylation sites is 2. The van der Waals surface area contributed by atoms with Gasteiger partial charge in [-0.1, -0.05) is 47.5 Å². The highest BCUT2D eigenvalue weighted by Gasteiger charge is 2.22. The van der Waals surface area contributed by atoms with E-state index in [1.807, 2.05) is 44.2 Å². The molecule has 1 heterocycles. The van der Waals surface area contributed by atoms with E-state index in [9.17, 15) is 4.79 Å². The quantitative estimate of drug-likeness (QED) is 0.534. The molecule has 158 valence electrons. The molecular weight excluding hydrogens is 429 g/mol. The van der Waals surface area contributed by atoms with Crippen LogP contribution in [0.4, 0.5) is 16.2 Å². The lowest BCUT2D eigenvalue weighted by Gasteiger charge is -2.27. The summed E-state index contributed by atoms with van der Waals surface area (Å²) in [4.78, 5) is 17.4. The zero-order valence-electron chi connectivity index (χ0n) is 16.9. The van der Waals surface area contributed by atoms with Crippen molar-refractivity contribution in [2.45, 2.75) is 33.1 Å². The summed E-state index contributed by atoms with van der Waals surface area (Å²) in [5.41, 5.74) is 3.30. The smallest absolute Gasteiger partial charge is 0.306 e. The van der Waals surface area contributed by atoms with E-state index in [0.29, 0.717) is 22.3 Å². The number of aryl methyl sites for hydroxylation is 2. The normalized spacial score (nSPS) is 13.8. The van der Waals surface area contributed by atoms with Gasteiger partial charge in [0.1, 0.15) is 0 Å². The summed E-state index contributed by atoms with van der Waals surface area (Å²) in [6.45, 7) is 7.78. The van der Waals surface area contributed by atoms with Gasteiger partial charge in [0.05, 0.1) is 21.4 Å². The summed E-state index contributed by atoms with van der Waals surface area (Å²) >= 11 is 12.8. The predicted octanol–water partition coefficient (Wildman–Crippen LogP) is 6.56. The Balaban J connectivity index is 0.00000300. The molecule has 0 aromatic heterocycles. The summed E-state index contributed by atoms with van der Waals surface area (Å²) in [5, 5.41) is 4.10. The number of anilines is 2. The molecule has 1 fully saturated rings. The van der Waals surface area contributed by atoms with Crippen molar-refractivity contribution in [3.8, 4) is 0 Å². The van der Waals surface area contributed by atoms with Gasteiger partial charge in [-0.3, -0.25) is 4.90 Å². The van der Waals surface area contributed by atoms with Crippen LogP contribution < -0.4 is 10.2 Å². The van der Waals surface area contributed by atoms with Crippen molar-refractivity contribution in [2.75, 3.05) is 36.4 Å². The molecule has 3 rings (SSSR count). The van der Waals surface area contributed by atoms with Crippen LogP contribution in [0.1, 0.15) is 30.4 Å². The highest BCUT2D eigenvalue weighted by Crippen LogP contribution is 2.32. The van der Waals surface area contributed by atoms with E-state index in [1.54, 1.807) is 11.0 Å². The topological polar surface area (TPSA) is 35.6 Å². The number of carbonyl (C=O) groups is 1. The lowest BCUT2D eigenvalue weighted by molar-refractivity contribution is 0.256. The Kier molecular flexibility index (Phi) is 9.09. The van der Waals surface area contributed by atoms with E-state index >= 15 is 0 Å². The molecule has 2 aromatic carbocycles. The van der Waals surface area contributed by atoms with Gasteiger partial charge in [-0.2, -0.15) is 0 Å². The van der Waals surface area contributed by atoms with Gasteiger partial charge in [-0.15, -0.1) is 12.4 Å². The highest BCUT2D eigenvalue weighted by atomic mass is 35.5. The molecule has 29 heavy (non-hydrogen) atoms. The number of nitrogens with one attached hydrogen (secondary N) is 1. The van der Waals surface area contributed by atoms with Crippen molar-refractivity contribution < 1.29 is 4.79 Å². The van der Waals surface area contributed by atoms with Gasteiger partial charge in [0.15, 0.2) is 0 Å². The molecule has 0 spiro atoms. The molecule has 2 aromatic rings. The minimum absolute atomic E-state index is 0. The van der Waals surface area contributed by atoms with Crippen LogP contribution in [0, 0.1) is 13.8 Å². The summed E-state index contributed by atoms with van der Waals surface area (Å²) < 4.78 is 0. The highest BCUT2D eigenvalue weighted by molar-refractivity contribution is 6.35. The third-order valence-corrected chi connectivity index (χ3v) is 5.83. The number of benzene rings is 2. The Morgan fingerprint density at radius 1 is 1.03 bits per heavy atom. The lowest BCUT2D eigenvalue weighted by Crippen LogP contribution is -2.38. The van der Waals surface area contributed by atoms with Gasteiger partial charge >= 0.3 is 6.03 Å². The number of hydrogen-bond donors (Lipinski definition) is 1. The van der Waals surface area contributed by atoms with Gasteiger partial charge < -0.3 is 10.2 Å². The van der Waals surface area contributed by atoms with E-state index < -0.39 is 0 Å². The second kappa shape index (κ2) is 11.1. The molecule has 2 amide bonds. The van der Waals surface area contributed by atoms with Crippen molar-refractivity contribution >= 4 is 53.0 Å². The maximum atomic E-state index is 13.2. The van der Waals surface area contributed by atoms with Crippen molar-refractivity contribution in [3.05, 3.63) is 57.6 Å². The standard InChI is InChI=1S/C22H27Cl2N3O.ClH/c1-16-8-5-10-18(23)20(16)25-22(28)27(15-7-14-26-12-3-4-13-26)21-17(2)9-6-11-19(21)24;/h5-6,8-11H,3-4,7,12-15H2,1-2H3,(H,25,28);1H. The number of nitrogens with zero attached hydrogens (tertiary/aromatic N) is 2. The van der Waals surface area contributed by atoms with Crippen LogP contribution >= 0.6 is 35.6 Å². The summed E-state index contributed by atoms with van der Waals surface area (Å²) in [5.74, 6) is 0. The SMILES string of the molecule is Cc1cccc(Cl)c1NC(=O)N(CCCN1CCCC1)c1c(C)cccc1Cl.Cl. The molecule has 4 nitrogen and oxygen atoms in total. The van der Waals surface area contributed by atoms with Crippen molar-refractivity contribution in [1.82, 2.24) is 4.90 Å². The molecule has 1 saturated heterocycles. The second-order valence-corrected chi connectivity index (χ2v) is 8.14. The molecular formula is C22H28Cl3N3O. The first-order valence-electron chi connectivity index (χ1n) is 9.78. The maximum Gasteiger partial charge on any atom is 0.326 e. The predicted molar refractivity (Wildman–Crippen MR) is 126 cm³/mol. The maximum absolute atomic E-state index is 13.2. The number of amides is 2. The fourth-order valence-electron chi connectivity index (χ4n) is 3.70. The van der Waals surface area contributed by atoms with E-state index in [4.69, 9.17) is 23.2 Å². The Hall–Kier alpha value is -1.46. The molecule has 1 aliphatic rings. The number of rotatable bonds is 6. The Morgan fingerprint density at radius 3 is 2.28 bits per heavy atom. The summed E-state index contributed by atoms with van der Waals surface area (Å²) in [6.07, 6.45) is 3.42. The van der Waals surface area contributed by atoms with Gasteiger partial charge in [0.2, 0.25) is 0 Å². The van der Waals surface area contributed by atoms with Crippen LogP contribution in [0.2, 0.25) is 10.0 Å². The molecule has 0 radical (unpaired) electrons. The minimum Gasteiger partial charge on any atom is -0.306 e. The van der Waals surface area contributed by atoms with Crippen LogP contribution in [0.15, 0.2) is 36.4 Å². The zero-order chi connectivity index (χ0) is 20.1. The minimum atomic E-state index is -0.214. The Bertz CT molecular complexity index is 798. The number of likely N-dealkylation sites (tertiary alicyclic amines) is 1. The van der Waals surface area contributed by atoms with Crippen LogP contribution in [0.3, 0.4) is 0 Å². The first-order chi connectivity index (χ1) is 13.5. The average molecular weight is 457 g/mol. The summed E-state index contributed by atoms with van der Waals surface area (Å²) in [7, 11) is 0. The number of carbonyl (C=O) groups excluding carboxylic acids is 1. The molecule has 1 aliphatic heterocycles. The second-order valence-electron chi connectivity index (χ2n) is 7.32. The summed E-state index contributed by atoms with van der Waals surface area (Å²) in [6, 6.07) is 11.1. The molecule has 0 bridgehead atoms. The van der Waals surface area contributed by atoms with Gasteiger partial charge in [0, 0.05) is 6.54 Å². The molecule has 0 saturated carbocycles. The third kappa shape index (κ3) is 6.02. The van der Waals surface area contributed by atoms with Crippen LogP contribution in [0.5, 0.6) is 0 Å². The van der Waals surface area contributed by atoms with E-state index in [0.717, 1.165) is 42.9 Å². The van der Waals surface area contributed by atoms with Crippen LogP contribution in [-0.2, 0) is 0 Å². The number of halogens is 3. The Morgan fingerprint density at radius 2 is 1.66 bits per heavy atom. The van der Waals surface area contributed by atoms with Crippen LogP contribution in [-0.4, -0.2) is 37.1 Å². The number of urea groups is 1. The zero-order valence-corrected chi connectivity index (χ0v) is 19.2. The van der Waals surface area contributed by atoms with Gasteiger partial charge in [-0.05, 0) is 76.0 Å². The lowest BCUT2D eigenvalue weighted by atomic mass is 10.1. The van der Waals surface area contributed by atoms with Crippen molar-refractivity contribution in [2.24, 2.45) is 0 Å². The monoisotopic (exact) mass is 455 g/mol. The van der Waals surface area contributed by atoms with Gasteiger partial charge in [-0.25, -0.2) is 4.79 Å². The third-order valence-electron chi connectivity index (χ3n) is 5.21. The first kappa shape index (κ1) is 23.8. The molecule has 7 heteroatoms. The molecule has 1 N–H and O–H groups in total. The average Bonchev–Trinajstić information content (AvgIpc) is 3.16. The van der Waals surface area contributed by atoms with Crippen molar-refractivity contribution in [3.63, 3.8) is 0 Å². The van der Waals surface area contributed by atoms with E-state index in [-0.39, 0.29) is 18.4 Å².